The van der Waals surface area contributed by atoms with E-state index in [1.165, 1.54) is 11.8 Å². The zero-order valence-electron chi connectivity index (χ0n) is 19.2. The van der Waals surface area contributed by atoms with Gasteiger partial charge in [0.05, 0.1) is 13.8 Å². The fourth-order valence-electron chi connectivity index (χ4n) is 3.08. The highest BCUT2D eigenvalue weighted by atomic mass is 32.2. The minimum Gasteiger partial charge on any atom is -0.472 e. The molecule has 0 spiro atoms. The molecule has 0 bridgehead atoms. The van der Waals surface area contributed by atoms with Gasteiger partial charge in [0.15, 0.2) is 0 Å². The monoisotopic (exact) mass is 437 g/mol. The number of primary amides is 1. The Kier molecular flexibility index (Phi) is 5.90. The molecule has 0 atom stereocenters. The van der Waals surface area contributed by atoms with E-state index in [2.05, 4.69) is 26.8 Å². The van der Waals surface area contributed by atoms with Crippen molar-refractivity contribution in [2.24, 2.45) is 5.73 Å². The van der Waals surface area contributed by atoms with E-state index in [-0.39, 0.29) is 5.88 Å². The van der Waals surface area contributed by atoms with Crippen molar-refractivity contribution in [2.75, 3.05) is 38.1 Å². The standard InChI is InChI=1S/C23H25N5O2S/c1-27-11-13-28(14-12-27)23-25-15-20(31-19-9-7-18(8-10-19)21(24)29)22(26-23)30-16-17-5-3-2-4-6-17/h2-10,15H,11-14,16H2,1H3,(H2,24,29)/i16D2. The summed E-state index contributed by atoms with van der Waals surface area (Å²) >= 11 is 1.33. The van der Waals surface area contributed by atoms with E-state index < -0.39 is 12.5 Å². The summed E-state index contributed by atoms with van der Waals surface area (Å²) in [6.07, 6.45) is 1.66. The predicted molar refractivity (Wildman–Crippen MR) is 122 cm³/mol. The molecule has 31 heavy (non-hydrogen) atoms. The summed E-state index contributed by atoms with van der Waals surface area (Å²) in [6, 6.07) is 15.6. The molecule has 8 heteroatoms. The molecule has 160 valence electrons. The molecule has 4 rings (SSSR count). The number of piperazine rings is 1. The van der Waals surface area contributed by atoms with Gasteiger partial charge in [-0.2, -0.15) is 4.98 Å². The largest absolute Gasteiger partial charge is 0.472 e. The maximum absolute atomic E-state index is 11.4. The lowest BCUT2D eigenvalue weighted by Crippen LogP contribution is -2.45. The topological polar surface area (TPSA) is 84.6 Å². The zero-order valence-corrected chi connectivity index (χ0v) is 18.0. The predicted octanol–water partition coefficient (Wildman–Crippen LogP) is 3.06. The average Bonchev–Trinajstić information content (AvgIpc) is 2.81. The highest BCUT2D eigenvalue weighted by molar-refractivity contribution is 7.99. The maximum Gasteiger partial charge on any atom is 0.248 e. The van der Waals surface area contributed by atoms with Gasteiger partial charge in [-0.3, -0.25) is 4.79 Å². The number of ether oxygens (including phenoxy) is 1. The second kappa shape index (κ2) is 9.80. The second-order valence-electron chi connectivity index (χ2n) is 7.19. The molecule has 0 saturated carbocycles. The number of rotatable bonds is 7. The molecule has 7 nitrogen and oxygen atoms in total. The van der Waals surface area contributed by atoms with Gasteiger partial charge < -0.3 is 20.3 Å². The Hall–Kier alpha value is -3.10. The number of benzene rings is 2. The van der Waals surface area contributed by atoms with Gasteiger partial charge in [0, 0.05) is 36.6 Å². The number of carbonyl (C=O) groups is 1. The summed E-state index contributed by atoms with van der Waals surface area (Å²) in [4.78, 5) is 26.2. The Morgan fingerprint density at radius 2 is 1.84 bits per heavy atom. The van der Waals surface area contributed by atoms with E-state index in [0.717, 1.165) is 31.1 Å². The lowest BCUT2D eigenvalue weighted by atomic mass is 10.2. The molecule has 0 aliphatic carbocycles. The van der Waals surface area contributed by atoms with Gasteiger partial charge in [0.1, 0.15) is 6.56 Å². The van der Waals surface area contributed by atoms with E-state index >= 15 is 0 Å². The molecule has 1 aromatic heterocycles. The highest BCUT2D eigenvalue weighted by Crippen LogP contribution is 2.35. The first-order valence-corrected chi connectivity index (χ1v) is 10.8. The van der Waals surface area contributed by atoms with Gasteiger partial charge in [-0.05, 0) is 36.9 Å². The molecule has 1 aliphatic rings. The van der Waals surface area contributed by atoms with Crippen LogP contribution in [-0.2, 0) is 6.56 Å². The molecule has 1 aliphatic heterocycles. The molecule has 2 heterocycles. The maximum atomic E-state index is 11.4. The van der Waals surface area contributed by atoms with Crippen LogP contribution in [0.25, 0.3) is 0 Å². The van der Waals surface area contributed by atoms with Crippen LogP contribution in [0.1, 0.15) is 18.7 Å². The summed E-state index contributed by atoms with van der Waals surface area (Å²) in [5, 5.41) is 0. The van der Waals surface area contributed by atoms with Gasteiger partial charge >= 0.3 is 0 Å². The molecule has 0 unspecified atom stereocenters. The van der Waals surface area contributed by atoms with Crippen LogP contribution in [0.5, 0.6) is 5.88 Å². The third-order valence-corrected chi connectivity index (χ3v) is 5.91. The van der Waals surface area contributed by atoms with Crippen molar-refractivity contribution in [1.29, 1.82) is 0 Å². The van der Waals surface area contributed by atoms with Crippen molar-refractivity contribution in [2.45, 2.75) is 16.3 Å². The molecule has 1 amide bonds. The quantitative estimate of drug-likeness (QED) is 0.608. The number of hydrogen-bond donors (Lipinski definition) is 1. The summed E-state index contributed by atoms with van der Waals surface area (Å²) in [7, 11) is 2.07. The van der Waals surface area contributed by atoms with Crippen molar-refractivity contribution in [3.8, 4) is 5.88 Å². The third kappa shape index (κ3) is 5.53. The molecular formula is C23H25N5O2S. The van der Waals surface area contributed by atoms with Crippen molar-refractivity contribution >= 4 is 23.6 Å². The van der Waals surface area contributed by atoms with E-state index in [1.807, 2.05) is 6.07 Å². The fraction of sp³-hybridized carbons (Fsp3) is 0.261. The first kappa shape index (κ1) is 18.7. The molecule has 1 saturated heterocycles. The minimum absolute atomic E-state index is 0.164. The number of hydrogen-bond acceptors (Lipinski definition) is 7. The van der Waals surface area contributed by atoms with Gasteiger partial charge in [-0.15, -0.1) is 0 Å². The van der Waals surface area contributed by atoms with Crippen LogP contribution in [0, 0.1) is 0 Å². The van der Waals surface area contributed by atoms with Crippen LogP contribution in [0.3, 0.4) is 0 Å². The van der Waals surface area contributed by atoms with E-state index in [1.54, 1.807) is 54.7 Å². The SMILES string of the molecule is [2H]C([2H])(Oc1nc(N2CCN(C)CC2)ncc1Sc1ccc(C(N)=O)cc1)c1ccccc1. The first-order chi connectivity index (χ1) is 15.8. The number of nitrogens with zero attached hydrogens (tertiary/aromatic N) is 4. The van der Waals surface area contributed by atoms with Gasteiger partial charge in [-0.25, -0.2) is 4.98 Å². The zero-order chi connectivity index (χ0) is 23.4. The molecule has 2 aromatic carbocycles. The van der Waals surface area contributed by atoms with E-state index in [0.29, 0.717) is 22.0 Å². The van der Waals surface area contributed by atoms with Gasteiger partial charge in [0.25, 0.3) is 0 Å². The average molecular weight is 438 g/mol. The van der Waals surface area contributed by atoms with Crippen molar-refractivity contribution in [1.82, 2.24) is 14.9 Å². The number of anilines is 1. The number of nitrogens with two attached hydrogens (primary N) is 1. The van der Waals surface area contributed by atoms with Gasteiger partial charge in [-0.1, -0.05) is 42.1 Å². The lowest BCUT2D eigenvalue weighted by Gasteiger charge is -2.32. The Labute approximate surface area is 189 Å². The Morgan fingerprint density at radius 1 is 1.13 bits per heavy atom. The van der Waals surface area contributed by atoms with Crippen molar-refractivity contribution in [3.63, 3.8) is 0 Å². The highest BCUT2D eigenvalue weighted by Gasteiger charge is 2.19. The van der Waals surface area contributed by atoms with E-state index in [9.17, 15) is 4.79 Å². The van der Waals surface area contributed by atoms with Crippen LogP contribution in [-0.4, -0.2) is 54.0 Å². The van der Waals surface area contributed by atoms with Crippen molar-refractivity contribution in [3.05, 3.63) is 71.9 Å². The number of aromatic nitrogens is 2. The first-order valence-electron chi connectivity index (χ1n) is 10.9. The molecule has 0 radical (unpaired) electrons. The molecular weight excluding hydrogens is 410 g/mol. The summed E-state index contributed by atoms with van der Waals surface area (Å²) in [6.45, 7) is 1.27. The van der Waals surface area contributed by atoms with Crippen LogP contribution in [0.4, 0.5) is 5.95 Å². The molecule has 3 aromatic rings. The molecule has 1 fully saturated rings. The summed E-state index contributed by atoms with van der Waals surface area (Å²) in [5.74, 6) is 0.179. The normalized spacial score (nSPS) is 15.8. The fourth-order valence-corrected chi connectivity index (χ4v) is 3.88. The lowest BCUT2D eigenvalue weighted by molar-refractivity contribution is 0.1000. The Bertz CT molecular complexity index is 1110. The van der Waals surface area contributed by atoms with E-state index in [4.69, 9.17) is 13.2 Å². The minimum atomic E-state index is -2.08. The van der Waals surface area contributed by atoms with Gasteiger partial charge in [0.2, 0.25) is 17.7 Å². The van der Waals surface area contributed by atoms with Crippen LogP contribution >= 0.6 is 11.8 Å². The van der Waals surface area contributed by atoms with Crippen LogP contribution in [0.15, 0.2) is 70.6 Å². The second-order valence-corrected chi connectivity index (χ2v) is 8.31. The third-order valence-electron chi connectivity index (χ3n) is 4.90. The Morgan fingerprint density at radius 3 is 2.52 bits per heavy atom. The number of amides is 1. The number of likely N-dealkylation sites (N-methyl/N-ethyl adjacent to an activating group) is 1. The molecule has 2 N–H and O–H groups in total. The number of carbonyl (C=O) groups excluding carboxylic acids is 1. The van der Waals surface area contributed by atoms with Crippen LogP contribution in [0.2, 0.25) is 0 Å². The Balaban J connectivity index is 1.65. The summed E-state index contributed by atoms with van der Waals surface area (Å²) < 4.78 is 22.9. The van der Waals surface area contributed by atoms with Crippen LogP contribution < -0.4 is 15.4 Å². The van der Waals surface area contributed by atoms with Crippen molar-refractivity contribution < 1.29 is 12.3 Å². The smallest absolute Gasteiger partial charge is 0.248 e. The summed E-state index contributed by atoms with van der Waals surface area (Å²) in [5.41, 5.74) is 6.14.